The monoisotopic (exact) mass is 382 g/mol. The standard InChI is InChI=1S/C20H26N6O2/c1-3-24-10-12-25(13-11-24)19(16-6-8-17(27-2)9-7-16)20-21-22-23-26(20)15-18-5-4-14-28-18/h4-9,14,19H,3,10-13,15H2,1-2H3/t19-/m1/s1. The van der Waals surface area contributed by atoms with Gasteiger partial charge in [0.05, 0.1) is 19.4 Å². The minimum atomic E-state index is -0.0186. The lowest BCUT2D eigenvalue weighted by molar-refractivity contribution is 0.108. The van der Waals surface area contributed by atoms with E-state index in [1.165, 1.54) is 0 Å². The summed E-state index contributed by atoms with van der Waals surface area (Å²) in [5.41, 5.74) is 1.15. The van der Waals surface area contributed by atoms with Gasteiger partial charge in [-0.25, -0.2) is 4.68 Å². The summed E-state index contributed by atoms with van der Waals surface area (Å²) >= 11 is 0. The van der Waals surface area contributed by atoms with Crippen LogP contribution in [0.15, 0.2) is 47.1 Å². The minimum absolute atomic E-state index is 0.0186. The van der Waals surface area contributed by atoms with Crippen LogP contribution in [0.25, 0.3) is 0 Å². The Bertz CT molecular complexity index is 853. The number of tetrazole rings is 1. The number of hydrogen-bond acceptors (Lipinski definition) is 7. The molecule has 1 aromatic carbocycles. The van der Waals surface area contributed by atoms with Crippen LogP contribution in [-0.4, -0.2) is 69.8 Å². The van der Waals surface area contributed by atoms with Crippen molar-refractivity contribution in [3.63, 3.8) is 0 Å². The summed E-state index contributed by atoms with van der Waals surface area (Å²) in [5, 5.41) is 12.6. The smallest absolute Gasteiger partial charge is 0.173 e. The Labute approximate surface area is 164 Å². The van der Waals surface area contributed by atoms with E-state index in [0.29, 0.717) is 6.54 Å². The topological polar surface area (TPSA) is 72.5 Å². The number of piperazine rings is 1. The summed E-state index contributed by atoms with van der Waals surface area (Å²) in [7, 11) is 1.68. The maximum atomic E-state index is 5.50. The van der Waals surface area contributed by atoms with Crippen LogP contribution in [0.3, 0.4) is 0 Å². The quantitative estimate of drug-likeness (QED) is 0.619. The summed E-state index contributed by atoms with van der Waals surface area (Å²) in [6, 6.07) is 12.0. The van der Waals surface area contributed by atoms with E-state index in [4.69, 9.17) is 9.15 Å². The van der Waals surface area contributed by atoms with Crippen molar-refractivity contribution in [2.24, 2.45) is 0 Å². The zero-order valence-corrected chi connectivity index (χ0v) is 16.4. The van der Waals surface area contributed by atoms with Crippen LogP contribution in [0.1, 0.15) is 30.1 Å². The molecule has 1 saturated heterocycles. The highest BCUT2D eigenvalue weighted by molar-refractivity contribution is 5.32. The van der Waals surface area contributed by atoms with Crippen molar-refractivity contribution in [2.75, 3.05) is 39.8 Å². The summed E-state index contributed by atoms with van der Waals surface area (Å²) in [6.45, 7) is 7.83. The van der Waals surface area contributed by atoms with E-state index in [9.17, 15) is 0 Å². The van der Waals surface area contributed by atoms with Gasteiger partial charge in [0.2, 0.25) is 0 Å². The molecule has 2 aromatic heterocycles. The first-order valence-corrected chi connectivity index (χ1v) is 9.67. The molecule has 4 rings (SSSR count). The van der Waals surface area contributed by atoms with E-state index < -0.39 is 0 Å². The van der Waals surface area contributed by atoms with Gasteiger partial charge in [-0.15, -0.1) is 5.10 Å². The highest BCUT2D eigenvalue weighted by atomic mass is 16.5. The number of methoxy groups -OCH3 is 1. The number of ether oxygens (including phenoxy) is 1. The van der Waals surface area contributed by atoms with Crippen LogP contribution in [-0.2, 0) is 6.54 Å². The molecule has 28 heavy (non-hydrogen) atoms. The van der Waals surface area contributed by atoms with Gasteiger partial charge in [0.1, 0.15) is 18.1 Å². The van der Waals surface area contributed by atoms with Crippen molar-refractivity contribution in [3.05, 3.63) is 59.8 Å². The van der Waals surface area contributed by atoms with Crippen LogP contribution in [0, 0.1) is 0 Å². The molecule has 0 aliphatic carbocycles. The van der Waals surface area contributed by atoms with Gasteiger partial charge in [-0.05, 0) is 46.8 Å². The molecule has 1 aliphatic rings. The number of likely N-dealkylation sites (N-methyl/N-ethyl adjacent to an activating group) is 1. The molecule has 0 bridgehead atoms. The molecule has 0 radical (unpaired) electrons. The van der Waals surface area contributed by atoms with Gasteiger partial charge in [0.25, 0.3) is 0 Å². The molecule has 0 saturated carbocycles. The van der Waals surface area contributed by atoms with Crippen molar-refractivity contribution in [1.29, 1.82) is 0 Å². The lowest BCUT2D eigenvalue weighted by atomic mass is 10.0. The first-order chi connectivity index (χ1) is 13.8. The van der Waals surface area contributed by atoms with E-state index in [1.54, 1.807) is 13.4 Å². The van der Waals surface area contributed by atoms with Crippen LogP contribution in [0.2, 0.25) is 0 Å². The summed E-state index contributed by atoms with van der Waals surface area (Å²) < 4.78 is 12.7. The molecule has 0 N–H and O–H groups in total. The molecule has 8 nitrogen and oxygen atoms in total. The van der Waals surface area contributed by atoms with Crippen LogP contribution < -0.4 is 4.74 Å². The zero-order chi connectivity index (χ0) is 19.3. The van der Waals surface area contributed by atoms with Gasteiger partial charge in [0.15, 0.2) is 5.82 Å². The maximum Gasteiger partial charge on any atom is 0.173 e. The lowest BCUT2D eigenvalue weighted by Gasteiger charge is -2.38. The van der Waals surface area contributed by atoms with E-state index in [0.717, 1.165) is 55.6 Å². The lowest BCUT2D eigenvalue weighted by Crippen LogP contribution is -2.48. The molecule has 3 aromatic rings. The fourth-order valence-electron chi connectivity index (χ4n) is 3.72. The Kier molecular flexibility index (Phi) is 5.68. The molecular weight excluding hydrogens is 356 g/mol. The van der Waals surface area contributed by atoms with E-state index >= 15 is 0 Å². The maximum absolute atomic E-state index is 5.50. The van der Waals surface area contributed by atoms with Crippen molar-refractivity contribution in [3.8, 4) is 5.75 Å². The molecule has 0 spiro atoms. The average Bonchev–Trinajstić information content (AvgIpc) is 3.42. The Hall–Kier alpha value is -2.71. The number of hydrogen-bond donors (Lipinski definition) is 0. The molecular formula is C20H26N6O2. The highest BCUT2D eigenvalue weighted by Crippen LogP contribution is 2.29. The molecule has 8 heteroatoms. The fourth-order valence-corrected chi connectivity index (χ4v) is 3.72. The third-order valence-electron chi connectivity index (χ3n) is 5.34. The molecule has 1 aliphatic heterocycles. The molecule has 1 fully saturated rings. The summed E-state index contributed by atoms with van der Waals surface area (Å²) in [5.74, 6) is 2.50. The van der Waals surface area contributed by atoms with Gasteiger partial charge in [-0.1, -0.05) is 19.1 Å². The minimum Gasteiger partial charge on any atom is -0.497 e. The van der Waals surface area contributed by atoms with E-state index in [-0.39, 0.29) is 6.04 Å². The largest absolute Gasteiger partial charge is 0.497 e. The first-order valence-electron chi connectivity index (χ1n) is 9.67. The molecule has 0 unspecified atom stereocenters. The number of benzene rings is 1. The van der Waals surface area contributed by atoms with Gasteiger partial charge >= 0.3 is 0 Å². The second kappa shape index (κ2) is 8.53. The summed E-state index contributed by atoms with van der Waals surface area (Å²) in [4.78, 5) is 4.92. The van der Waals surface area contributed by atoms with Gasteiger partial charge in [-0.3, -0.25) is 4.90 Å². The van der Waals surface area contributed by atoms with Crippen molar-refractivity contribution >= 4 is 0 Å². The van der Waals surface area contributed by atoms with Crippen LogP contribution in [0.4, 0.5) is 0 Å². The normalized spacial score (nSPS) is 16.9. The average molecular weight is 382 g/mol. The van der Waals surface area contributed by atoms with Crippen molar-refractivity contribution < 1.29 is 9.15 Å². The molecule has 1 atom stereocenters. The van der Waals surface area contributed by atoms with Crippen LogP contribution >= 0.6 is 0 Å². The Morgan fingerprint density at radius 2 is 1.89 bits per heavy atom. The second-order valence-electron chi connectivity index (χ2n) is 6.92. The van der Waals surface area contributed by atoms with E-state index in [2.05, 4.69) is 44.4 Å². The number of aromatic nitrogens is 4. The number of rotatable bonds is 7. The van der Waals surface area contributed by atoms with Crippen molar-refractivity contribution in [1.82, 2.24) is 30.0 Å². The highest BCUT2D eigenvalue weighted by Gasteiger charge is 2.30. The SMILES string of the molecule is CCN1CCN([C@H](c2ccc(OC)cc2)c2nnnn2Cc2ccco2)CC1. The number of nitrogens with zero attached hydrogens (tertiary/aromatic N) is 6. The molecule has 0 amide bonds. The molecule has 148 valence electrons. The third kappa shape index (κ3) is 3.93. The Morgan fingerprint density at radius 1 is 1.11 bits per heavy atom. The van der Waals surface area contributed by atoms with Gasteiger partial charge in [-0.2, -0.15) is 0 Å². The van der Waals surface area contributed by atoms with E-state index in [1.807, 2.05) is 28.9 Å². The Morgan fingerprint density at radius 3 is 2.54 bits per heavy atom. The predicted molar refractivity (Wildman–Crippen MR) is 104 cm³/mol. The molecule has 3 heterocycles. The third-order valence-corrected chi connectivity index (χ3v) is 5.34. The number of furan rings is 1. The fraction of sp³-hybridized carbons (Fsp3) is 0.450. The predicted octanol–water partition coefficient (Wildman–Crippen LogP) is 2.05. The van der Waals surface area contributed by atoms with Crippen LogP contribution in [0.5, 0.6) is 5.75 Å². The van der Waals surface area contributed by atoms with Gasteiger partial charge < -0.3 is 14.1 Å². The Balaban J connectivity index is 1.66. The zero-order valence-electron chi connectivity index (χ0n) is 16.4. The summed E-state index contributed by atoms with van der Waals surface area (Å²) in [6.07, 6.45) is 1.67. The van der Waals surface area contributed by atoms with Crippen molar-refractivity contribution in [2.45, 2.75) is 19.5 Å². The first kappa shape index (κ1) is 18.6. The second-order valence-corrected chi connectivity index (χ2v) is 6.92. The van der Waals surface area contributed by atoms with Gasteiger partial charge in [0, 0.05) is 26.2 Å².